The SMILES string of the molecule is CC(C)[C@H]1[C@@]2(C#N)[C@@]3([NH+]=C(N)[C@@]12C#N)OCCS3. The molecule has 4 atom stereocenters. The predicted molar refractivity (Wildman–Crippen MR) is 65.7 cm³/mol. The van der Waals surface area contributed by atoms with E-state index in [-0.39, 0.29) is 11.8 Å². The highest BCUT2D eigenvalue weighted by molar-refractivity contribution is 8.00. The fourth-order valence-electron chi connectivity index (χ4n) is 3.88. The maximum absolute atomic E-state index is 9.72. The van der Waals surface area contributed by atoms with Crippen molar-refractivity contribution in [3.05, 3.63) is 0 Å². The summed E-state index contributed by atoms with van der Waals surface area (Å²) in [7, 11) is 0. The summed E-state index contributed by atoms with van der Waals surface area (Å²) in [6.45, 7) is 4.64. The lowest BCUT2D eigenvalue weighted by Crippen LogP contribution is -2.88. The molecule has 0 aromatic rings. The minimum absolute atomic E-state index is 0.0631. The second-order valence-electron chi connectivity index (χ2n) is 5.41. The highest BCUT2D eigenvalue weighted by atomic mass is 32.2. The summed E-state index contributed by atoms with van der Waals surface area (Å²) in [5.74, 6) is 1.37. The van der Waals surface area contributed by atoms with Crippen LogP contribution in [0.2, 0.25) is 0 Å². The smallest absolute Gasteiger partial charge is 0.277 e. The Morgan fingerprint density at radius 2 is 2.22 bits per heavy atom. The number of amidine groups is 1. The van der Waals surface area contributed by atoms with Crippen LogP contribution in [0.15, 0.2) is 0 Å². The van der Waals surface area contributed by atoms with Crippen LogP contribution in [0.1, 0.15) is 13.8 Å². The number of nitrogens with one attached hydrogen (secondary N) is 1. The van der Waals surface area contributed by atoms with Gasteiger partial charge in [0.15, 0.2) is 10.8 Å². The molecule has 1 spiro atoms. The molecule has 1 saturated heterocycles. The lowest BCUT2D eigenvalue weighted by atomic mass is 9.95. The quantitative estimate of drug-likeness (QED) is 0.643. The van der Waals surface area contributed by atoms with Gasteiger partial charge >= 0.3 is 0 Å². The Bertz CT molecular complexity index is 525. The molecule has 18 heavy (non-hydrogen) atoms. The molecule has 0 radical (unpaired) electrons. The largest absolute Gasteiger partial charge is 0.327 e. The van der Waals surface area contributed by atoms with Crippen molar-refractivity contribution >= 4 is 17.6 Å². The van der Waals surface area contributed by atoms with E-state index in [9.17, 15) is 10.5 Å². The van der Waals surface area contributed by atoms with E-state index < -0.39 is 15.9 Å². The van der Waals surface area contributed by atoms with Crippen molar-refractivity contribution in [2.45, 2.75) is 18.9 Å². The molecule has 0 aromatic heterocycles. The molecule has 0 unspecified atom stereocenters. The minimum Gasteiger partial charge on any atom is -0.327 e. The molecule has 5 nitrogen and oxygen atoms in total. The molecule has 94 valence electrons. The Kier molecular flexibility index (Phi) is 2.10. The van der Waals surface area contributed by atoms with Gasteiger partial charge in [-0.15, -0.1) is 0 Å². The summed E-state index contributed by atoms with van der Waals surface area (Å²) in [5.41, 5.74) is 4.30. The lowest BCUT2D eigenvalue weighted by molar-refractivity contribution is -0.584. The fraction of sp³-hybridized carbons (Fsp3) is 0.750. The molecule has 2 fully saturated rings. The fourth-order valence-corrected chi connectivity index (χ4v) is 5.25. The maximum atomic E-state index is 9.72. The molecule has 0 aromatic carbocycles. The van der Waals surface area contributed by atoms with Gasteiger partial charge in [0.25, 0.3) is 10.9 Å². The van der Waals surface area contributed by atoms with E-state index in [1.807, 2.05) is 13.8 Å². The number of hydrogen-bond donors (Lipinski definition) is 2. The van der Waals surface area contributed by atoms with Gasteiger partial charge in [0, 0.05) is 11.7 Å². The number of nitrogens with two attached hydrogens (primary N) is 1. The molecule has 1 aliphatic carbocycles. The molecule has 2 aliphatic heterocycles. The molecular formula is C12H15N4OS+. The number of nitriles is 2. The number of nitrogens with zero attached hydrogens (tertiary/aromatic N) is 2. The van der Waals surface area contributed by atoms with Crippen LogP contribution in [0.5, 0.6) is 0 Å². The van der Waals surface area contributed by atoms with Gasteiger partial charge < -0.3 is 4.74 Å². The van der Waals surface area contributed by atoms with Crippen LogP contribution in [-0.2, 0) is 4.74 Å². The van der Waals surface area contributed by atoms with E-state index in [0.29, 0.717) is 12.4 Å². The van der Waals surface area contributed by atoms with Gasteiger partial charge in [-0.1, -0.05) is 25.6 Å². The van der Waals surface area contributed by atoms with Crippen molar-refractivity contribution in [1.82, 2.24) is 0 Å². The highest BCUT2D eigenvalue weighted by Crippen LogP contribution is 2.78. The third kappa shape index (κ3) is 0.867. The molecule has 1 saturated carbocycles. The monoisotopic (exact) mass is 263 g/mol. The zero-order chi connectivity index (χ0) is 13.2. The first-order chi connectivity index (χ1) is 8.52. The van der Waals surface area contributed by atoms with Gasteiger partial charge in [-0.25, -0.2) is 4.99 Å². The lowest BCUT2D eigenvalue weighted by Gasteiger charge is -2.24. The molecule has 2 heterocycles. The zero-order valence-electron chi connectivity index (χ0n) is 10.4. The first kappa shape index (κ1) is 11.8. The van der Waals surface area contributed by atoms with E-state index in [0.717, 1.165) is 5.75 Å². The van der Waals surface area contributed by atoms with Crippen molar-refractivity contribution in [3.8, 4) is 12.1 Å². The van der Waals surface area contributed by atoms with Crippen molar-refractivity contribution in [3.63, 3.8) is 0 Å². The third-order valence-corrected chi connectivity index (χ3v) is 5.75. The Morgan fingerprint density at radius 3 is 2.61 bits per heavy atom. The molecule has 3 N–H and O–H groups in total. The summed E-state index contributed by atoms with van der Waals surface area (Å²) in [6.07, 6.45) is 0. The number of hydrogen-bond acceptors (Lipinski definition) is 5. The number of thioether (sulfide) groups is 1. The van der Waals surface area contributed by atoms with Gasteiger partial charge in [0.2, 0.25) is 0 Å². The van der Waals surface area contributed by atoms with Gasteiger partial charge in [0.05, 0.1) is 18.7 Å². The Hall–Kier alpha value is -1.24. The van der Waals surface area contributed by atoms with Crippen LogP contribution in [0.3, 0.4) is 0 Å². The normalized spacial score (nSPS) is 48.7. The van der Waals surface area contributed by atoms with E-state index in [2.05, 4.69) is 17.1 Å². The zero-order valence-corrected chi connectivity index (χ0v) is 11.2. The molecule has 3 rings (SSSR count). The third-order valence-electron chi connectivity index (χ3n) is 4.43. The summed E-state index contributed by atoms with van der Waals surface area (Å²) in [4.78, 5) is 3.09. The average Bonchev–Trinajstić information content (AvgIpc) is 2.62. The predicted octanol–water partition coefficient (Wildman–Crippen LogP) is -0.839. The standard InChI is InChI=1S/C12H14N4OS/c1-7(2)8-10(5-13)9(15)16-12(11(8,10)6-14)17-3-4-18-12/h7-8H,3-4H2,1-2H3,(H2,15,16)/p+1/t8-,10-,11-,12-/m1/s1. The van der Waals surface area contributed by atoms with Crippen LogP contribution < -0.4 is 10.7 Å². The average molecular weight is 263 g/mol. The molecule has 3 aliphatic rings. The van der Waals surface area contributed by atoms with Crippen LogP contribution in [-0.4, -0.2) is 23.3 Å². The van der Waals surface area contributed by atoms with Crippen LogP contribution in [0.4, 0.5) is 0 Å². The van der Waals surface area contributed by atoms with Gasteiger partial charge in [0.1, 0.15) is 0 Å². The van der Waals surface area contributed by atoms with Gasteiger partial charge in [-0.2, -0.15) is 10.5 Å². The summed E-state index contributed by atoms with van der Waals surface area (Å²) >= 11 is 1.56. The second-order valence-corrected chi connectivity index (χ2v) is 6.69. The molecular weight excluding hydrogens is 248 g/mol. The van der Waals surface area contributed by atoms with Gasteiger partial charge in [-0.3, -0.25) is 5.73 Å². The van der Waals surface area contributed by atoms with Crippen LogP contribution in [0.25, 0.3) is 0 Å². The summed E-state index contributed by atoms with van der Waals surface area (Å²) in [6, 6.07) is 4.67. The summed E-state index contributed by atoms with van der Waals surface area (Å²) in [5, 5.41) is 18.5. The van der Waals surface area contributed by atoms with Gasteiger partial charge in [-0.05, 0) is 5.92 Å². The first-order valence-electron chi connectivity index (χ1n) is 6.04. The molecule has 0 bridgehead atoms. The Labute approximate surface area is 110 Å². The van der Waals surface area contributed by atoms with E-state index in [1.54, 1.807) is 11.8 Å². The van der Waals surface area contributed by atoms with E-state index in [4.69, 9.17) is 10.5 Å². The number of ether oxygens (including phenoxy) is 1. The van der Waals surface area contributed by atoms with Crippen molar-refractivity contribution in [2.75, 3.05) is 12.4 Å². The van der Waals surface area contributed by atoms with Crippen LogP contribution in [0, 0.1) is 45.3 Å². The highest BCUT2D eigenvalue weighted by Gasteiger charge is 2.96. The van der Waals surface area contributed by atoms with Crippen LogP contribution >= 0.6 is 11.8 Å². The maximum Gasteiger partial charge on any atom is 0.277 e. The van der Waals surface area contributed by atoms with Crippen molar-refractivity contribution in [1.29, 1.82) is 10.5 Å². The first-order valence-corrected chi connectivity index (χ1v) is 7.02. The molecule has 6 heteroatoms. The second kappa shape index (κ2) is 3.20. The van der Waals surface area contributed by atoms with E-state index >= 15 is 0 Å². The number of rotatable bonds is 1. The molecule has 0 amide bonds. The van der Waals surface area contributed by atoms with Crippen molar-refractivity contribution < 1.29 is 9.73 Å². The Morgan fingerprint density at radius 1 is 1.50 bits per heavy atom. The summed E-state index contributed by atoms with van der Waals surface area (Å²) < 4.78 is 5.80. The van der Waals surface area contributed by atoms with E-state index in [1.165, 1.54) is 0 Å². The Balaban J connectivity index is 2.21. The topological polar surface area (TPSA) is 96.8 Å². The van der Waals surface area contributed by atoms with Crippen molar-refractivity contribution in [2.24, 2.45) is 28.4 Å². The number of fused-ring (bicyclic) bond motifs is 2. The minimum atomic E-state index is -0.896.